The second kappa shape index (κ2) is 5.70. The lowest BCUT2D eigenvalue weighted by Gasteiger charge is -2.45. The van der Waals surface area contributed by atoms with Gasteiger partial charge in [-0.05, 0) is 58.9 Å². The summed E-state index contributed by atoms with van der Waals surface area (Å²) in [6, 6.07) is 10.6. The molecule has 0 radical (unpaired) electrons. The highest BCUT2D eigenvalue weighted by Crippen LogP contribution is 2.38. The Bertz CT molecular complexity index is 488. The number of rotatable bonds is 1. The van der Waals surface area contributed by atoms with Gasteiger partial charge in [0.25, 0.3) is 0 Å². The number of nitrogens with zero attached hydrogens (tertiary/aromatic N) is 1. The van der Waals surface area contributed by atoms with Crippen molar-refractivity contribution in [2.75, 3.05) is 6.54 Å². The fraction of sp³-hybridized carbons (Fsp3) is 0.611. The summed E-state index contributed by atoms with van der Waals surface area (Å²) in [6.07, 6.45) is 1.77. The first kappa shape index (κ1) is 15.9. The summed E-state index contributed by atoms with van der Waals surface area (Å²) in [7, 11) is 0. The largest absolute Gasteiger partial charge is 0.444 e. The van der Waals surface area contributed by atoms with E-state index < -0.39 is 5.60 Å². The van der Waals surface area contributed by atoms with Crippen LogP contribution in [0.25, 0.3) is 0 Å². The lowest BCUT2D eigenvalue weighted by molar-refractivity contribution is -0.00932. The molecule has 1 atom stereocenters. The Hall–Kier alpha value is -1.51. The Morgan fingerprint density at radius 3 is 2.38 bits per heavy atom. The van der Waals surface area contributed by atoms with Crippen LogP contribution in [-0.4, -0.2) is 28.7 Å². The minimum absolute atomic E-state index is 0.179. The standard InChI is InChI=1S/C18H27NO2/c1-17(2,3)21-16(20)19-12-11-15(13-18(19,4)5)14-9-7-6-8-10-14/h6-10,15H,11-13H2,1-5H3. The van der Waals surface area contributed by atoms with Gasteiger partial charge in [-0.25, -0.2) is 4.79 Å². The molecule has 21 heavy (non-hydrogen) atoms. The third-order valence-electron chi connectivity index (χ3n) is 4.06. The Balaban J connectivity index is 2.08. The molecule has 1 unspecified atom stereocenters. The second-order valence-corrected chi connectivity index (χ2v) is 7.54. The second-order valence-electron chi connectivity index (χ2n) is 7.54. The maximum Gasteiger partial charge on any atom is 0.410 e. The van der Waals surface area contributed by atoms with Crippen LogP contribution < -0.4 is 0 Å². The van der Waals surface area contributed by atoms with Gasteiger partial charge < -0.3 is 9.64 Å². The smallest absolute Gasteiger partial charge is 0.410 e. The van der Waals surface area contributed by atoms with E-state index in [2.05, 4.69) is 38.1 Å². The van der Waals surface area contributed by atoms with Crippen molar-refractivity contribution in [1.82, 2.24) is 4.90 Å². The number of hydrogen-bond acceptors (Lipinski definition) is 2. The lowest BCUT2D eigenvalue weighted by atomic mass is 9.79. The van der Waals surface area contributed by atoms with Crippen LogP contribution in [0.4, 0.5) is 4.79 Å². The lowest BCUT2D eigenvalue weighted by Crippen LogP contribution is -2.53. The van der Waals surface area contributed by atoms with E-state index in [9.17, 15) is 4.79 Å². The van der Waals surface area contributed by atoms with E-state index >= 15 is 0 Å². The Morgan fingerprint density at radius 2 is 1.86 bits per heavy atom. The van der Waals surface area contributed by atoms with Gasteiger partial charge in [-0.2, -0.15) is 0 Å². The number of carbonyl (C=O) groups excluding carboxylic acids is 1. The highest BCUT2D eigenvalue weighted by molar-refractivity contribution is 5.69. The van der Waals surface area contributed by atoms with Crippen LogP contribution >= 0.6 is 0 Å². The van der Waals surface area contributed by atoms with Crippen LogP contribution in [0.15, 0.2) is 30.3 Å². The third-order valence-corrected chi connectivity index (χ3v) is 4.06. The number of amides is 1. The topological polar surface area (TPSA) is 29.5 Å². The molecule has 1 saturated heterocycles. The first-order chi connectivity index (χ1) is 9.69. The molecular formula is C18H27NO2. The molecule has 0 aliphatic carbocycles. The van der Waals surface area contributed by atoms with Crippen molar-refractivity contribution in [2.45, 2.75) is 64.5 Å². The molecule has 3 heteroatoms. The molecule has 1 aliphatic rings. The van der Waals surface area contributed by atoms with Gasteiger partial charge in [-0.3, -0.25) is 0 Å². The molecule has 0 saturated carbocycles. The van der Waals surface area contributed by atoms with Gasteiger partial charge in [0.05, 0.1) is 0 Å². The SMILES string of the molecule is CC(C)(C)OC(=O)N1CCC(c2ccccc2)CC1(C)C. The number of likely N-dealkylation sites (tertiary alicyclic amines) is 1. The van der Waals surface area contributed by atoms with E-state index in [1.807, 2.05) is 31.7 Å². The van der Waals surface area contributed by atoms with Crippen molar-refractivity contribution >= 4 is 6.09 Å². The van der Waals surface area contributed by atoms with Crippen molar-refractivity contribution in [2.24, 2.45) is 0 Å². The number of piperidine rings is 1. The van der Waals surface area contributed by atoms with Crippen LogP contribution in [-0.2, 0) is 4.74 Å². The molecule has 1 amide bonds. The van der Waals surface area contributed by atoms with E-state index in [0.717, 1.165) is 19.4 Å². The molecule has 1 aromatic carbocycles. The fourth-order valence-electron chi connectivity index (χ4n) is 3.07. The van der Waals surface area contributed by atoms with Gasteiger partial charge in [0.15, 0.2) is 0 Å². The van der Waals surface area contributed by atoms with Crippen LogP contribution in [0.5, 0.6) is 0 Å². The van der Waals surface area contributed by atoms with Crippen molar-refractivity contribution < 1.29 is 9.53 Å². The van der Waals surface area contributed by atoms with Gasteiger partial charge in [-0.15, -0.1) is 0 Å². The van der Waals surface area contributed by atoms with Gasteiger partial charge in [0, 0.05) is 12.1 Å². The van der Waals surface area contributed by atoms with Gasteiger partial charge in [-0.1, -0.05) is 30.3 Å². The normalized spacial score (nSPS) is 22.0. The minimum Gasteiger partial charge on any atom is -0.444 e. The van der Waals surface area contributed by atoms with Gasteiger partial charge in [0.2, 0.25) is 0 Å². The van der Waals surface area contributed by atoms with Crippen LogP contribution in [0.2, 0.25) is 0 Å². The van der Waals surface area contributed by atoms with Crippen LogP contribution in [0.3, 0.4) is 0 Å². The third kappa shape index (κ3) is 3.99. The highest BCUT2D eigenvalue weighted by atomic mass is 16.6. The summed E-state index contributed by atoms with van der Waals surface area (Å²) in [5, 5.41) is 0. The Morgan fingerprint density at radius 1 is 1.24 bits per heavy atom. The van der Waals surface area contributed by atoms with E-state index in [1.165, 1.54) is 5.56 Å². The predicted molar refractivity (Wildman–Crippen MR) is 85.4 cm³/mol. The molecule has 0 aromatic heterocycles. The summed E-state index contributed by atoms with van der Waals surface area (Å²) in [6.45, 7) is 10.7. The van der Waals surface area contributed by atoms with Crippen molar-refractivity contribution in [3.05, 3.63) is 35.9 Å². The molecule has 116 valence electrons. The van der Waals surface area contributed by atoms with E-state index in [1.54, 1.807) is 0 Å². The molecular weight excluding hydrogens is 262 g/mol. The van der Waals surface area contributed by atoms with Gasteiger partial charge in [0.1, 0.15) is 5.60 Å². The van der Waals surface area contributed by atoms with Crippen LogP contribution in [0, 0.1) is 0 Å². The first-order valence-corrected chi connectivity index (χ1v) is 7.75. The van der Waals surface area contributed by atoms with E-state index in [-0.39, 0.29) is 11.6 Å². The number of ether oxygens (including phenoxy) is 1. The van der Waals surface area contributed by atoms with E-state index in [0.29, 0.717) is 5.92 Å². The number of hydrogen-bond donors (Lipinski definition) is 0. The summed E-state index contributed by atoms with van der Waals surface area (Å²) in [5.74, 6) is 0.514. The molecule has 0 spiro atoms. The average molecular weight is 289 g/mol. The summed E-state index contributed by atoms with van der Waals surface area (Å²) < 4.78 is 5.54. The molecule has 1 aliphatic heterocycles. The maximum atomic E-state index is 12.4. The summed E-state index contributed by atoms with van der Waals surface area (Å²) >= 11 is 0. The minimum atomic E-state index is -0.441. The van der Waals surface area contributed by atoms with Crippen molar-refractivity contribution in [3.8, 4) is 0 Å². The Labute approximate surface area is 128 Å². The molecule has 2 rings (SSSR count). The summed E-state index contributed by atoms with van der Waals surface area (Å²) in [4.78, 5) is 14.3. The molecule has 3 nitrogen and oxygen atoms in total. The first-order valence-electron chi connectivity index (χ1n) is 7.75. The highest BCUT2D eigenvalue weighted by Gasteiger charge is 2.39. The summed E-state index contributed by atoms with van der Waals surface area (Å²) in [5.41, 5.74) is 0.749. The monoisotopic (exact) mass is 289 g/mol. The predicted octanol–water partition coefficient (Wildman–Crippen LogP) is 4.58. The zero-order chi connectivity index (χ0) is 15.7. The van der Waals surface area contributed by atoms with Gasteiger partial charge >= 0.3 is 6.09 Å². The zero-order valence-corrected chi connectivity index (χ0v) is 13.8. The number of carbonyl (C=O) groups is 1. The Kier molecular flexibility index (Phi) is 4.31. The molecule has 0 N–H and O–H groups in total. The van der Waals surface area contributed by atoms with Crippen LogP contribution in [0.1, 0.15) is 58.9 Å². The van der Waals surface area contributed by atoms with E-state index in [4.69, 9.17) is 4.74 Å². The quantitative estimate of drug-likeness (QED) is 0.757. The molecule has 1 fully saturated rings. The maximum absolute atomic E-state index is 12.4. The van der Waals surface area contributed by atoms with Crippen molar-refractivity contribution in [1.29, 1.82) is 0 Å². The zero-order valence-electron chi connectivity index (χ0n) is 13.8. The fourth-order valence-corrected chi connectivity index (χ4v) is 3.07. The molecule has 1 heterocycles. The van der Waals surface area contributed by atoms with Crippen molar-refractivity contribution in [3.63, 3.8) is 0 Å². The molecule has 1 aromatic rings. The number of benzene rings is 1. The average Bonchev–Trinajstić information content (AvgIpc) is 2.36. The molecule has 0 bridgehead atoms.